The first-order valence-electron chi connectivity index (χ1n) is 9.28. The normalized spacial score (nSPS) is 17.5. The molecule has 26 heavy (non-hydrogen) atoms. The Balaban J connectivity index is 1.34. The first kappa shape index (κ1) is 16.9. The number of fused-ring (bicyclic) bond motifs is 1. The first-order valence-corrected chi connectivity index (χ1v) is 9.28. The van der Waals surface area contributed by atoms with E-state index < -0.39 is 0 Å². The van der Waals surface area contributed by atoms with E-state index in [1.165, 1.54) is 16.5 Å². The Morgan fingerprint density at radius 3 is 2.81 bits per heavy atom. The van der Waals surface area contributed by atoms with E-state index in [1.54, 1.807) is 0 Å². The van der Waals surface area contributed by atoms with Gasteiger partial charge in [0.05, 0.1) is 12.7 Å². The molecular formula is C22H24N2O2. The molecule has 0 bridgehead atoms. The quantitative estimate of drug-likeness (QED) is 0.766. The summed E-state index contributed by atoms with van der Waals surface area (Å²) in [6.45, 7) is 2.00. The highest BCUT2D eigenvalue weighted by Crippen LogP contribution is 2.20. The molecule has 0 spiro atoms. The molecule has 4 heteroatoms. The average molecular weight is 348 g/mol. The van der Waals surface area contributed by atoms with Crippen molar-refractivity contribution in [2.45, 2.75) is 25.4 Å². The van der Waals surface area contributed by atoms with Crippen LogP contribution in [0.1, 0.15) is 17.5 Å². The van der Waals surface area contributed by atoms with Crippen molar-refractivity contribution in [2.24, 2.45) is 0 Å². The maximum absolute atomic E-state index is 12.7. The molecule has 2 aromatic carbocycles. The average Bonchev–Trinajstić information content (AvgIpc) is 3.10. The van der Waals surface area contributed by atoms with Crippen LogP contribution in [0.15, 0.2) is 60.8 Å². The number of carbonyl (C=O) groups is 1. The minimum atomic E-state index is 0.0863. The van der Waals surface area contributed by atoms with Crippen LogP contribution in [0.3, 0.4) is 0 Å². The Hall–Kier alpha value is -2.59. The zero-order valence-corrected chi connectivity index (χ0v) is 14.9. The van der Waals surface area contributed by atoms with Crippen LogP contribution < -0.4 is 0 Å². The maximum Gasteiger partial charge on any atom is 0.223 e. The number of benzene rings is 2. The fraction of sp³-hybridized carbons (Fsp3) is 0.318. The standard InChI is InChI=1S/C22H24N2O2/c25-22(11-10-18-15-23-21-9-5-4-8-20(18)21)24-12-13-26-19(16-24)14-17-6-2-1-3-7-17/h1-9,15,19,23H,10-14,16H2. The molecule has 0 radical (unpaired) electrons. The molecule has 4 nitrogen and oxygen atoms in total. The van der Waals surface area contributed by atoms with Crippen LogP contribution in [0.25, 0.3) is 10.9 Å². The van der Waals surface area contributed by atoms with E-state index in [4.69, 9.17) is 4.74 Å². The minimum absolute atomic E-state index is 0.0863. The monoisotopic (exact) mass is 348 g/mol. The lowest BCUT2D eigenvalue weighted by molar-refractivity contribution is -0.138. The minimum Gasteiger partial charge on any atom is -0.374 e. The summed E-state index contributed by atoms with van der Waals surface area (Å²) < 4.78 is 5.87. The maximum atomic E-state index is 12.7. The number of ether oxygens (including phenoxy) is 1. The summed E-state index contributed by atoms with van der Waals surface area (Å²) >= 11 is 0. The van der Waals surface area contributed by atoms with E-state index >= 15 is 0 Å². The van der Waals surface area contributed by atoms with Gasteiger partial charge in [-0.3, -0.25) is 4.79 Å². The number of H-pyrrole nitrogens is 1. The highest BCUT2D eigenvalue weighted by molar-refractivity contribution is 5.84. The van der Waals surface area contributed by atoms with Crippen molar-refractivity contribution in [3.8, 4) is 0 Å². The van der Waals surface area contributed by atoms with Gasteiger partial charge in [0.15, 0.2) is 0 Å². The van der Waals surface area contributed by atoms with Crippen LogP contribution in [-0.2, 0) is 22.4 Å². The lowest BCUT2D eigenvalue weighted by atomic mass is 10.1. The number of nitrogens with one attached hydrogen (secondary N) is 1. The predicted molar refractivity (Wildman–Crippen MR) is 103 cm³/mol. The van der Waals surface area contributed by atoms with Crippen molar-refractivity contribution in [2.75, 3.05) is 19.7 Å². The van der Waals surface area contributed by atoms with Crippen LogP contribution in [-0.4, -0.2) is 41.6 Å². The molecule has 1 fully saturated rings. The fourth-order valence-electron chi connectivity index (χ4n) is 3.68. The van der Waals surface area contributed by atoms with E-state index in [0.717, 1.165) is 18.4 Å². The van der Waals surface area contributed by atoms with Crippen molar-refractivity contribution >= 4 is 16.8 Å². The van der Waals surface area contributed by atoms with Gasteiger partial charge in [-0.1, -0.05) is 48.5 Å². The highest BCUT2D eigenvalue weighted by atomic mass is 16.5. The number of morpholine rings is 1. The van der Waals surface area contributed by atoms with Gasteiger partial charge in [0.2, 0.25) is 5.91 Å². The summed E-state index contributed by atoms with van der Waals surface area (Å²) in [6, 6.07) is 18.6. The summed E-state index contributed by atoms with van der Waals surface area (Å²) in [4.78, 5) is 17.9. The van der Waals surface area contributed by atoms with Crippen molar-refractivity contribution in [1.82, 2.24) is 9.88 Å². The number of nitrogens with zero attached hydrogens (tertiary/aromatic N) is 1. The Morgan fingerprint density at radius 1 is 1.12 bits per heavy atom. The zero-order chi connectivity index (χ0) is 17.8. The second kappa shape index (κ2) is 7.75. The molecule has 1 aliphatic rings. The summed E-state index contributed by atoms with van der Waals surface area (Å²) in [7, 11) is 0. The molecule has 0 saturated carbocycles. The van der Waals surface area contributed by atoms with Crippen LogP contribution in [0.4, 0.5) is 0 Å². The van der Waals surface area contributed by atoms with E-state index in [9.17, 15) is 4.79 Å². The number of aryl methyl sites for hydroxylation is 1. The van der Waals surface area contributed by atoms with Gasteiger partial charge in [0.25, 0.3) is 0 Å². The molecule has 1 atom stereocenters. The second-order valence-corrected chi connectivity index (χ2v) is 6.88. The Bertz CT molecular complexity index is 872. The van der Waals surface area contributed by atoms with E-state index in [-0.39, 0.29) is 12.0 Å². The molecule has 1 N–H and O–H groups in total. The summed E-state index contributed by atoms with van der Waals surface area (Å²) in [5, 5.41) is 1.21. The molecule has 1 aliphatic heterocycles. The number of aromatic amines is 1. The zero-order valence-electron chi connectivity index (χ0n) is 14.9. The fourth-order valence-corrected chi connectivity index (χ4v) is 3.68. The van der Waals surface area contributed by atoms with Gasteiger partial charge in [-0.15, -0.1) is 0 Å². The number of aromatic nitrogens is 1. The van der Waals surface area contributed by atoms with Gasteiger partial charge < -0.3 is 14.6 Å². The molecular weight excluding hydrogens is 324 g/mol. The van der Waals surface area contributed by atoms with Crippen molar-refractivity contribution < 1.29 is 9.53 Å². The Labute approximate surface area is 153 Å². The lowest BCUT2D eigenvalue weighted by Gasteiger charge is -2.33. The van der Waals surface area contributed by atoms with Crippen LogP contribution in [0, 0.1) is 0 Å². The van der Waals surface area contributed by atoms with Gasteiger partial charge in [0, 0.05) is 43.0 Å². The Kier molecular flexibility index (Phi) is 5.02. The molecule has 134 valence electrons. The van der Waals surface area contributed by atoms with Crippen molar-refractivity contribution in [3.63, 3.8) is 0 Å². The molecule has 1 saturated heterocycles. The summed E-state index contributed by atoms with van der Waals surface area (Å²) in [6.07, 6.45) is 4.27. The molecule has 0 aliphatic carbocycles. The molecule has 1 aromatic heterocycles. The number of hydrogen-bond donors (Lipinski definition) is 1. The van der Waals surface area contributed by atoms with Gasteiger partial charge in [-0.25, -0.2) is 0 Å². The van der Waals surface area contributed by atoms with Crippen LogP contribution in [0.2, 0.25) is 0 Å². The SMILES string of the molecule is O=C(CCc1c[nH]c2ccccc12)N1CCOC(Cc2ccccc2)C1. The number of carbonyl (C=O) groups excluding carboxylic acids is 1. The van der Waals surface area contributed by atoms with E-state index in [0.29, 0.717) is 26.1 Å². The number of hydrogen-bond acceptors (Lipinski definition) is 2. The van der Waals surface area contributed by atoms with E-state index in [2.05, 4.69) is 29.2 Å². The van der Waals surface area contributed by atoms with Crippen LogP contribution >= 0.6 is 0 Å². The van der Waals surface area contributed by atoms with Gasteiger partial charge >= 0.3 is 0 Å². The predicted octanol–water partition coefficient (Wildman–Crippen LogP) is 3.57. The Morgan fingerprint density at radius 2 is 1.92 bits per heavy atom. The smallest absolute Gasteiger partial charge is 0.223 e. The topological polar surface area (TPSA) is 45.3 Å². The third-order valence-corrected chi connectivity index (χ3v) is 5.08. The van der Waals surface area contributed by atoms with Crippen molar-refractivity contribution in [1.29, 1.82) is 0 Å². The molecule has 4 rings (SSSR count). The molecule has 3 aromatic rings. The van der Waals surface area contributed by atoms with Gasteiger partial charge in [-0.05, 0) is 23.6 Å². The van der Waals surface area contributed by atoms with Gasteiger partial charge in [-0.2, -0.15) is 0 Å². The molecule has 2 heterocycles. The number of rotatable bonds is 5. The summed E-state index contributed by atoms with van der Waals surface area (Å²) in [5.41, 5.74) is 3.60. The van der Waals surface area contributed by atoms with Crippen LogP contribution in [0.5, 0.6) is 0 Å². The first-order chi connectivity index (χ1) is 12.8. The summed E-state index contributed by atoms with van der Waals surface area (Å²) in [5.74, 6) is 0.219. The molecule has 1 amide bonds. The third-order valence-electron chi connectivity index (χ3n) is 5.08. The highest BCUT2D eigenvalue weighted by Gasteiger charge is 2.24. The number of amides is 1. The number of para-hydroxylation sites is 1. The lowest BCUT2D eigenvalue weighted by Crippen LogP contribution is -2.46. The second-order valence-electron chi connectivity index (χ2n) is 6.88. The van der Waals surface area contributed by atoms with Crippen molar-refractivity contribution in [3.05, 3.63) is 71.9 Å². The third kappa shape index (κ3) is 3.81. The van der Waals surface area contributed by atoms with Gasteiger partial charge in [0.1, 0.15) is 0 Å². The largest absolute Gasteiger partial charge is 0.374 e. The molecule has 1 unspecified atom stereocenters. The van der Waals surface area contributed by atoms with E-state index in [1.807, 2.05) is 41.4 Å².